The first-order chi connectivity index (χ1) is 12.2. The molecule has 1 saturated heterocycles. The van der Waals surface area contributed by atoms with Crippen molar-refractivity contribution in [1.29, 1.82) is 0 Å². The second kappa shape index (κ2) is 6.01. The van der Waals surface area contributed by atoms with E-state index in [2.05, 4.69) is 17.4 Å². The van der Waals surface area contributed by atoms with Gasteiger partial charge in [0.2, 0.25) is 0 Å². The third-order valence-corrected chi connectivity index (χ3v) is 6.94. The zero-order chi connectivity index (χ0) is 16.9. The van der Waals surface area contributed by atoms with Crippen LogP contribution in [-0.2, 0) is 4.74 Å². The fourth-order valence-electron chi connectivity index (χ4n) is 6.27. The maximum Gasteiger partial charge on any atom is 0.318 e. The third kappa shape index (κ3) is 2.95. The van der Waals surface area contributed by atoms with Gasteiger partial charge >= 0.3 is 6.03 Å². The minimum Gasteiger partial charge on any atom is -0.370 e. The van der Waals surface area contributed by atoms with Gasteiger partial charge in [0, 0.05) is 12.1 Å². The fraction of sp³-hybridized carbons (Fsp3) is 0.667. The molecule has 1 N–H and O–H groups in total. The maximum absolute atomic E-state index is 13.0. The molecule has 0 spiro atoms. The molecule has 4 aliphatic carbocycles. The maximum atomic E-state index is 13.0. The second-order valence-electron chi connectivity index (χ2n) is 8.84. The van der Waals surface area contributed by atoms with Gasteiger partial charge in [0.05, 0.1) is 13.2 Å². The van der Waals surface area contributed by atoms with Crippen LogP contribution in [0.3, 0.4) is 0 Å². The van der Waals surface area contributed by atoms with Crippen LogP contribution >= 0.6 is 0 Å². The number of carbonyl (C=O) groups is 1. The van der Waals surface area contributed by atoms with Gasteiger partial charge < -0.3 is 15.0 Å². The molecule has 134 valence electrons. The van der Waals surface area contributed by atoms with Crippen molar-refractivity contribution in [2.45, 2.75) is 50.2 Å². The van der Waals surface area contributed by atoms with Gasteiger partial charge in [0.1, 0.15) is 6.10 Å². The number of ether oxygens (including phenoxy) is 1. The van der Waals surface area contributed by atoms with Crippen molar-refractivity contribution < 1.29 is 9.53 Å². The van der Waals surface area contributed by atoms with Crippen LogP contribution in [0.15, 0.2) is 30.3 Å². The summed E-state index contributed by atoms with van der Waals surface area (Å²) >= 11 is 0. The summed E-state index contributed by atoms with van der Waals surface area (Å²) in [4.78, 5) is 15.0. The Morgan fingerprint density at radius 1 is 1.04 bits per heavy atom. The van der Waals surface area contributed by atoms with Crippen molar-refractivity contribution >= 4 is 6.03 Å². The lowest BCUT2D eigenvalue weighted by atomic mass is 9.53. The third-order valence-electron chi connectivity index (χ3n) is 6.94. The van der Waals surface area contributed by atoms with Crippen LogP contribution in [0.1, 0.15) is 50.2 Å². The number of hydrogen-bond acceptors (Lipinski definition) is 2. The van der Waals surface area contributed by atoms with Crippen molar-refractivity contribution in [2.24, 2.45) is 17.8 Å². The van der Waals surface area contributed by atoms with Crippen molar-refractivity contribution in [3.05, 3.63) is 35.9 Å². The zero-order valence-electron chi connectivity index (χ0n) is 14.8. The summed E-state index contributed by atoms with van der Waals surface area (Å²) < 4.78 is 5.92. The first kappa shape index (κ1) is 15.7. The molecule has 4 nitrogen and oxygen atoms in total. The van der Waals surface area contributed by atoms with Crippen LogP contribution in [-0.4, -0.2) is 36.2 Å². The van der Waals surface area contributed by atoms with Crippen LogP contribution in [0.5, 0.6) is 0 Å². The summed E-state index contributed by atoms with van der Waals surface area (Å²) in [5.74, 6) is 2.56. The van der Waals surface area contributed by atoms with Crippen molar-refractivity contribution in [3.8, 4) is 0 Å². The average Bonchev–Trinajstić information content (AvgIpc) is 2.61. The molecule has 5 aliphatic rings. The highest BCUT2D eigenvalue weighted by Gasteiger charge is 2.51. The number of hydrogen-bond donors (Lipinski definition) is 1. The first-order valence-electron chi connectivity index (χ1n) is 9.93. The average molecular weight is 340 g/mol. The lowest BCUT2D eigenvalue weighted by Crippen LogP contribution is -2.62. The van der Waals surface area contributed by atoms with Crippen molar-refractivity contribution in [2.75, 3.05) is 19.7 Å². The summed E-state index contributed by atoms with van der Waals surface area (Å²) in [6, 6.07) is 10.4. The van der Waals surface area contributed by atoms with Gasteiger partial charge in [-0.2, -0.15) is 0 Å². The van der Waals surface area contributed by atoms with Crippen LogP contribution in [0, 0.1) is 17.8 Å². The highest BCUT2D eigenvalue weighted by Crippen LogP contribution is 2.55. The SMILES string of the molecule is O=C(NC12CC3CC(CC(C3)C1)C2)N1CCO[C@H](c2ccccc2)C1. The fourth-order valence-corrected chi connectivity index (χ4v) is 6.27. The largest absolute Gasteiger partial charge is 0.370 e. The van der Waals surface area contributed by atoms with Gasteiger partial charge in [0.25, 0.3) is 0 Å². The molecule has 5 fully saturated rings. The Balaban J connectivity index is 1.27. The van der Waals surface area contributed by atoms with E-state index in [4.69, 9.17) is 4.74 Å². The Bertz CT molecular complexity index is 609. The Hall–Kier alpha value is -1.55. The number of benzene rings is 1. The smallest absolute Gasteiger partial charge is 0.318 e. The molecule has 1 aromatic carbocycles. The molecule has 1 atom stereocenters. The van der Waals surface area contributed by atoms with E-state index in [1.807, 2.05) is 23.1 Å². The minimum atomic E-state index is -0.00272. The molecule has 6 rings (SSSR count). The van der Waals surface area contributed by atoms with Gasteiger partial charge in [-0.3, -0.25) is 0 Å². The van der Waals surface area contributed by atoms with Gasteiger partial charge in [-0.15, -0.1) is 0 Å². The van der Waals surface area contributed by atoms with E-state index in [-0.39, 0.29) is 17.7 Å². The van der Waals surface area contributed by atoms with E-state index in [9.17, 15) is 4.79 Å². The van der Waals surface area contributed by atoms with Crippen LogP contribution in [0.2, 0.25) is 0 Å². The van der Waals surface area contributed by atoms with Crippen molar-refractivity contribution in [3.63, 3.8) is 0 Å². The number of nitrogens with one attached hydrogen (secondary N) is 1. The molecule has 2 amide bonds. The number of morpholine rings is 1. The standard InChI is InChI=1S/C21H28N2O2/c24-20(22-21-11-15-8-16(12-21)10-17(9-15)13-21)23-6-7-25-19(14-23)18-4-2-1-3-5-18/h1-5,15-17,19H,6-14H2,(H,22,24)/t15?,16?,17?,19-,21?/m0/s1. The van der Waals surface area contributed by atoms with Gasteiger partial charge in [0.15, 0.2) is 0 Å². The number of amides is 2. The first-order valence-corrected chi connectivity index (χ1v) is 9.93. The predicted octanol–water partition coefficient (Wildman–Crippen LogP) is 3.74. The number of carbonyl (C=O) groups excluding carboxylic acids is 1. The molecule has 25 heavy (non-hydrogen) atoms. The van der Waals surface area contributed by atoms with E-state index in [0.717, 1.165) is 23.3 Å². The molecule has 0 radical (unpaired) electrons. The number of rotatable bonds is 2. The van der Waals surface area contributed by atoms with E-state index < -0.39 is 0 Å². The topological polar surface area (TPSA) is 41.6 Å². The number of urea groups is 1. The van der Waals surface area contributed by atoms with Gasteiger partial charge in [-0.05, 0) is 61.8 Å². The Morgan fingerprint density at radius 3 is 2.32 bits per heavy atom. The molecule has 0 unspecified atom stereocenters. The highest BCUT2D eigenvalue weighted by molar-refractivity contribution is 5.75. The summed E-state index contributed by atoms with van der Waals surface area (Å²) in [5.41, 5.74) is 1.25. The Morgan fingerprint density at radius 2 is 1.68 bits per heavy atom. The van der Waals surface area contributed by atoms with Crippen LogP contribution in [0.4, 0.5) is 4.79 Å². The molecular weight excluding hydrogens is 312 g/mol. The predicted molar refractivity (Wildman–Crippen MR) is 96.1 cm³/mol. The molecule has 4 saturated carbocycles. The number of nitrogens with zero attached hydrogens (tertiary/aromatic N) is 1. The van der Waals surface area contributed by atoms with E-state index in [0.29, 0.717) is 19.7 Å². The highest BCUT2D eigenvalue weighted by atomic mass is 16.5. The molecule has 0 aromatic heterocycles. The van der Waals surface area contributed by atoms with E-state index >= 15 is 0 Å². The lowest BCUT2D eigenvalue weighted by Gasteiger charge is -2.57. The van der Waals surface area contributed by atoms with Crippen LogP contribution in [0.25, 0.3) is 0 Å². The molecule has 1 aromatic rings. The van der Waals surface area contributed by atoms with Crippen LogP contribution < -0.4 is 5.32 Å². The summed E-state index contributed by atoms with van der Waals surface area (Å²) in [6.45, 7) is 1.97. The molecule has 1 aliphatic heterocycles. The lowest BCUT2D eigenvalue weighted by molar-refractivity contribution is -0.0310. The molecule has 1 heterocycles. The van der Waals surface area contributed by atoms with Gasteiger partial charge in [-0.1, -0.05) is 30.3 Å². The molecule has 4 heteroatoms. The molecular formula is C21H28N2O2. The van der Waals surface area contributed by atoms with Crippen molar-refractivity contribution in [1.82, 2.24) is 10.2 Å². The summed E-state index contributed by atoms with van der Waals surface area (Å²) in [5, 5.41) is 3.50. The minimum absolute atomic E-state index is 0.00272. The summed E-state index contributed by atoms with van der Waals surface area (Å²) in [7, 11) is 0. The van der Waals surface area contributed by atoms with Gasteiger partial charge in [-0.25, -0.2) is 4.79 Å². The second-order valence-corrected chi connectivity index (χ2v) is 8.84. The summed E-state index contributed by atoms with van der Waals surface area (Å²) in [6.07, 6.45) is 7.83. The Kier molecular flexibility index (Phi) is 3.77. The normalized spacial score (nSPS) is 39.4. The Labute approximate surface area is 149 Å². The van der Waals surface area contributed by atoms with E-state index in [1.165, 1.54) is 38.5 Å². The molecule has 4 bridgehead atoms. The van der Waals surface area contributed by atoms with E-state index in [1.54, 1.807) is 0 Å². The zero-order valence-corrected chi connectivity index (χ0v) is 14.8. The quantitative estimate of drug-likeness (QED) is 0.891. The monoisotopic (exact) mass is 340 g/mol.